The van der Waals surface area contributed by atoms with Crippen molar-refractivity contribution in [2.24, 2.45) is 0 Å². The van der Waals surface area contributed by atoms with Crippen molar-refractivity contribution in [3.05, 3.63) is 29.8 Å². The topological polar surface area (TPSA) is 70.5 Å². The van der Waals surface area contributed by atoms with Crippen LogP contribution in [-0.2, 0) is 15.1 Å². The number of carboxylic acid groups (broad SMARTS) is 1. The van der Waals surface area contributed by atoms with Crippen LogP contribution in [0.1, 0.15) is 33.4 Å². The molecule has 0 saturated heterocycles. The monoisotopic (exact) mass is 268 g/mol. The summed E-state index contributed by atoms with van der Waals surface area (Å²) >= 11 is 0. The number of hydrogen-bond acceptors (Lipinski definition) is 3. The highest BCUT2D eigenvalue weighted by molar-refractivity contribution is 5.86. The molecule has 1 N–H and O–H groups in total. The summed E-state index contributed by atoms with van der Waals surface area (Å²) in [5.74, 6) is -2.16. The van der Waals surface area contributed by atoms with Crippen molar-refractivity contribution < 1.29 is 19.1 Å². The molecule has 0 aliphatic carbocycles. The molecule has 1 atom stereocenters. The van der Waals surface area contributed by atoms with Gasteiger partial charge in [0.15, 0.2) is 5.54 Å². The molecule has 0 fully saturated rings. The molecule has 0 aliphatic heterocycles. The lowest BCUT2D eigenvalue weighted by Crippen LogP contribution is -2.55. The van der Waals surface area contributed by atoms with Gasteiger partial charge < -0.3 is 10.0 Å². The van der Waals surface area contributed by atoms with E-state index in [9.17, 15) is 19.1 Å². The van der Waals surface area contributed by atoms with E-state index in [1.54, 1.807) is 13.8 Å². The third-order valence-electron chi connectivity index (χ3n) is 2.98. The Hall–Kier alpha value is -1.98. The lowest BCUT2D eigenvalue weighted by molar-refractivity contribution is -0.160. The Morgan fingerprint density at radius 1 is 1.42 bits per heavy atom. The molecule has 0 radical (unpaired) electrons. The van der Waals surface area contributed by atoms with E-state index in [4.69, 9.17) is 0 Å². The maximum Gasteiger partial charge on any atom is 0.335 e. The van der Waals surface area contributed by atoms with Gasteiger partial charge in [0.2, 0.25) is 5.91 Å². The molecule has 19 heavy (non-hydrogen) atoms. The molecule has 1 amide bonds. The predicted molar refractivity (Wildman–Crippen MR) is 66.8 cm³/mol. The van der Waals surface area contributed by atoms with Crippen LogP contribution >= 0.6 is 0 Å². The molecule has 0 spiro atoms. The molecule has 6 heteroatoms. The molecular weight excluding hydrogens is 251 g/mol. The zero-order valence-corrected chi connectivity index (χ0v) is 11.3. The first-order chi connectivity index (χ1) is 8.71. The van der Waals surface area contributed by atoms with Crippen molar-refractivity contribution in [2.75, 3.05) is 0 Å². The van der Waals surface area contributed by atoms with Crippen molar-refractivity contribution in [2.45, 2.75) is 39.3 Å². The van der Waals surface area contributed by atoms with Crippen LogP contribution in [0.2, 0.25) is 0 Å². The average molecular weight is 268 g/mol. The number of carbonyl (C=O) groups is 2. The van der Waals surface area contributed by atoms with Gasteiger partial charge in [-0.15, -0.1) is 0 Å². The van der Waals surface area contributed by atoms with Crippen LogP contribution < -0.4 is 0 Å². The van der Waals surface area contributed by atoms with E-state index in [0.717, 1.165) is 12.3 Å². The van der Waals surface area contributed by atoms with Gasteiger partial charge in [-0.05, 0) is 32.9 Å². The number of nitrogens with zero attached hydrogens (tertiary/aromatic N) is 2. The summed E-state index contributed by atoms with van der Waals surface area (Å²) in [5, 5.41) is 9.50. The smallest absolute Gasteiger partial charge is 0.335 e. The number of rotatable bonds is 4. The number of aromatic nitrogens is 1. The van der Waals surface area contributed by atoms with Crippen LogP contribution in [0.5, 0.6) is 0 Å². The van der Waals surface area contributed by atoms with Gasteiger partial charge in [-0.1, -0.05) is 0 Å². The summed E-state index contributed by atoms with van der Waals surface area (Å²) in [6.07, 6.45) is 0.940. The number of halogens is 1. The van der Waals surface area contributed by atoms with Gasteiger partial charge in [0, 0.05) is 13.0 Å². The zero-order valence-electron chi connectivity index (χ0n) is 11.3. The number of carbonyl (C=O) groups excluding carboxylic acids is 1. The van der Waals surface area contributed by atoms with Gasteiger partial charge >= 0.3 is 5.97 Å². The van der Waals surface area contributed by atoms with Crippen molar-refractivity contribution in [3.63, 3.8) is 0 Å². The van der Waals surface area contributed by atoms with E-state index < -0.39 is 17.3 Å². The Bertz CT molecular complexity index is 487. The van der Waals surface area contributed by atoms with Crippen molar-refractivity contribution in [1.82, 2.24) is 9.88 Å². The van der Waals surface area contributed by atoms with Crippen molar-refractivity contribution in [3.8, 4) is 0 Å². The second-order valence-corrected chi connectivity index (χ2v) is 4.72. The van der Waals surface area contributed by atoms with Gasteiger partial charge in [0.05, 0.1) is 11.9 Å². The first-order valence-corrected chi connectivity index (χ1v) is 5.86. The molecule has 1 rings (SSSR count). The third-order valence-corrected chi connectivity index (χ3v) is 2.98. The van der Waals surface area contributed by atoms with E-state index in [1.165, 1.54) is 24.8 Å². The molecule has 0 bridgehead atoms. The summed E-state index contributed by atoms with van der Waals surface area (Å²) < 4.78 is 12.9. The second-order valence-electron chi connectivity index (χ2n) is 4.72. The van der Waals surface area contributed by atoms with E-state index in [2.05, 4.69) is 4.98 Å². The van der Waals surface area contributed by atoms with Crippen molar-refractivity contribution >= 4 is 11.9 Å². The van der Waals surface area contributed by atoms with E-state index in [1.807, 2.05) is 0 Å². The fraction of sp³-hybridized carbons (Fsp3) is 0.462. The number of pyridine rings is 1. The standard InChI is InChI=1S/C13H17FN2O3/c1-8(2)16(9(3)17)13(4,12(18)19)11-6-5-10(14)7-15-11/h5-8H,1-4H3,(H,18,19). The molecule has 0 aliphatic rings. The maximum absolute atomic E-state index is 12.9. The summed E-state index contributed by atoms with van der Waals surface area (Å²) in [7, 11) is 0. The summed E-state index contributed by atoms with van der Waals surface area (Å²) in [5.41, 5.74) is -1.52. The molecule has 5 nitrogen and oxygen atoms in total. The minimum atomic E-state index is -1.63. The van der Waals surface area contributed by atoms with Crippen LogP contribution in [0.4, 0.5) is 4.39 Å². The molecule has 1 aromatic rings. The summed E-state index contributed by atoms with van der Waals surface area (Å²) in [6.45, 7) is 6.11. The third kappa shape index (κ3) is 2.72. The van der Waals surface area contributed by atoms with Gasteiger partial charge in [-0.25, -0.2) is 9.18 Å². The Labute approximate surface area is 111 Å². The van der Waals surface area contributed by atoms with Gasteiger partial charge in [-0.2, -0.15) is 0 Å². The van der Waals surface area contributed by atoms with E-state index in [0.29, 0.717) is 0 Å². The maximum atomic E-state index is 12.9. The fourth-order valence-corrected chi connectivity index (χ4v) is 2.19. The molecule has 104 valence electrons. The van der Waals surface area contributed by atoms with Gasteiger partial charge in [0.1, 0.15) is 5.82 Å². The van der Waals surface area contributed by atoms with Crippen LogP contribution in [0.3, 0.4) is 0 Å². The number of hydrogen-bond donors (Lipinski definition) is 1. The zero-order chi connectivity index (χ0) is 14.8. The Balaban J connectivity index is 3.42. The number of carboxylic acids is 1. The minimum Gasteiger partial charge on any atom is -0.479 e. The fourth-order valence-electron chi connectivity index (χ4n) is 2.19. The van der Waals surface area contributed by atoms with Crippen LogP contribution in [0, 0.1) is 5.82 Å². The van der Waals surface area contributed by atoms with E-state index >= 15 is 0 Å². The van der Waals surface area contributed by atoms with Crippen molar-refractivity contribution in [1.29, 1.82) is 0 Å². The van der Waals surface area contributed by atoms with Crippen LogP contribution in [0.15, 0.2) is 18.3 Å². The van der Waals surface area contributed by atoms with Crippen LogP contribution in [0.25, 0.3) is 0 Å². The van der Waals surface area contributed by atoms with Gasteiger partial charge in [-0.3, -0.25) is 9.78 Å². The first kappa shape index (κ1) is 15.1. The molecule has 0 aromatic carbocycles. The average Bonchev–Trinajstić information content (AvgIpc) is 2.28. The minimum absolute atomic E-state index is 0.116. The quantitative estimate of drug-likeness (QED) is 0.903. The van der Waals surface area contributed by atoms with Crippen LogP contribution in [-0.4, -0.2) is 32.9 Å². The highest BCUT2D eigenvalue weighted by atomic mass is 19.1. The largest absolute Gasteiger partial charge is 0.479 e. The highest BCUT2D eigenvalue weighted by Crippen LogP contribution is 2.29. The molecule has 1 unspecified atom stereocenters. The summed E-state index contributed by atoms with van der Waals surface area (Å²) in [4.78, 5) is 28.4. The number of aliphatic carboxylic acids is 1. The Kier molecular flexibility index (Phi) is 4.24. The normalized spacial score (nSPS) is 14.0. The first-order valence-electron chi connectivity index (χ1n) is 5.86. The Morgan fingerprint density at radius 3 is 2.32 bits per heavy atom. The molecular formula is C13H17FN2O3. The highest BCUT2D eigenvalue weighted by Gasteiger charge is 2.45. The Morgan fingerprint density at radius 2 is 2.00 bits per heavy atom. The molecule has 1 heterocycles. The lowest BCUT2D eigenvalue weighted by Gasteiger charge is -2.39. The molecule has 0 saturated carbocycles. The predicted octanol–water partition coefficient (Wildman–Crippen LogP) is 1.78. The SMILES string of the molecule is CC(=O)N(C(C)C)C(C)(C(=O)O)c1ccc(F)cn1. The number of amides is 1. The molecule has 1 aromatic heterocycles. The lowest BCUT2D eigenvalue weighted by atomic mass is 9.93. The van der Waals surface area contributed by atoms with E-state index in [-0.39, 0.29) is 17.6 Å². The van der Waals surface area contributed by atoms with Gasteiger partial charge in [0.25, 0.3) is 0 Å². The summed E-state index contributed by atoms with van der Waals surface area (Å²) in [6, 6.07) is 2.08. The second kappa shape index (κ2) is 5.34.